The summed E-state index contributed by atoms with van der Waals surface area (Å²) in [5.41, 5.74) is 9.41. The Morgan fingerprint density at radius 1 is 0.846 bits per heavy atom. The van der Waals surface area contributed by atoms with Gasteiger partial charge in [0.2, 0.25) is 5.91 Å². The summed E-state index contributed by atoms with van der Waals surface area (Å²) in [4.78, 5) is 24.7. The Morgan fingerprint density at radius 3 is 2.13 bits per heavy atom. The molecule has 0 fully saturated rings. The molecular formula is C32H29N3O3S. The molecule has 1 atom stereocenters. The monoisotopic (exact) mass is 535 g/mol. The number of amides is 2. The molecule has 0 bridgehead atoms. The van der Waals surface area contributed by atoms with Crippen LogP contribution in [0.15, 0.2) is 108 Å². The molecule has 4 aromatic rings. The van der Waals surface area contributed by atoms with Crippen molar-refractivity contribution in [2.45, 2.75) is 18.2 Å². The summed E-state index contributed by atoms with van der Waals surface area (Å²) in [6.45, 7) is 1.86. The van der Waals surface area contributed by atoms with Gasteiger partial charge in [0.25, 0.3) is 5.91 Å². The largest absolute Gasteiger partial charge is 0.484 e. The number of hydrogen-bond donors (Lipinski definition) is 2. The molecule has 0 saturated heterocycles. The van der Waals surface area contributed by atoms with Gasteiger partial charge in [-0.05, 0) is 64.6 Å². The van der Waals surface area contributed by atoms with E-state index in [4.69, 9.17) is 4.74 Å². The van der Waals surface area contributed by atoms with Crippen molar-refractivity contribution in [3.05, 3.63) is 125 Å². The van der Waals surface area contributed by atoms with Crippen LogP contribution < -0.4 is 15.5 Å². The Balaban J connectivity index is 1.06. The van der Waals surface area contributed by atoms with E-state index < -0.39 is 0 Å². The van der Waals surface area contributed by atoms with Crippen LogP contribution >= 0.6 is 11.8 Å². The number of carbonyl (C=O) groups excluding carboxylic acids is 2. The Bertz CT molecular complexity index is 1430. The average Bonchev–Trinajstić information content (AvgIpc) is 3.29. The second-order valence-electron chi connectivity index (χ2n) is 9.22. The number of nitrogens with one attached hydrogen (secondary N) is 2. The summed E-state index contributed by atoms with van der Waals surface area (Å²) in [5, 5.41) is 7.15. The van der Waals surface area contributed by atoms with Gasteiger partial charge >= 0.3 is 0 Å². The van der Waals surface area contributed by atoms with Crippen molar-refractivity contribution in [3.8, 4) is 16.9 Å². The van der Waals surface area contributed by atoms with E-state index in [0.29, 0.717) is 11.5 Å². The smallest absolute Gasteiger partial charge is 0.258 e. The van der Waals surface area contributed by atoms with E-state index in [0.717, 1.165) is 11.1 Å². The van der Waals surface area contributed by atoms with Crippen molar-refractivity contribution in [3.63, 3.8) is 0 Å². The normalized spacial score (nSPS) is 12.9. The first-order valence-corrected chi connectivity index (χ1v) is 13.8. The van der Waals surface area contributed by atoms with Gasteiger partial charge in [-0.25, -0.2) is 5.43 Å². The van der Waals surface area contributed by atoms with Crippen molar-refractivity contribution >= 4 is 29.8 Å². The average molecular weight is 536 g/mol. The number of hydrogen-bond acceptors (Lipinski definition) is 5. The number of carbonyl (C=O) groups is 2. The number of rotatable bonds is 10. The van der Waals surface area contributed by atoms with E-state index in [2.05, 4.69) is 40.1 Å². The Kier molecular flexibility index (Phi) is 8.39. The van der Waals surface area contributed by atoms with Crippen LogP contribution in [0, 0.1) is 0 Å². The zero-order valence-electron chi connectivity index (χ0n) is 21.5. The van der Waals surface area contributed by atoms with Gasteiger partial charge in [-0.2, -0.15) is 5.10 Å². The van der Waals surface area contributed by atoms with Gasteiger partial charge < -0.3 is 10.1 Å². The summed E-state index contributed by atoms with van der Waals surface area (Å²) in [6.07, 6.45) is 1.58. The maximum atomic E-state index is 12.5. The van der Waals surface area contributed by atoms with Crippen LogP contribution in [0.3, 0.4) is 0 Å². The molecule has 0 aromatic heterocycles. The quantitative estimate of drug-likeness (QED) is 0.196. The first-order valence-electron chi connectivity index (χ1n) is 12.8. The molecule has 4 aromatic carbocycles. The number of thioether (sulfide) groups is 1. The zero-order chi connectivity index (χ0) is 27.0. The number of ether oxygens (including phenoxy) is 1. The van der Waals surface area contributed by atoms with E-state index >= 15 is 0 Å². The van der Waals surface area contributed by atoms with Crippen LogP contribution in [0.5, 0.6) is 5.75 Å². The minimum Gasteiger partial charge on any atom is -0.484 e. The van der Waals surface area contributed by atoms with E-state index in [1.165, 1.54) is 22.3 Å². The maximum Gasteiger partial charge on any atom is 0.258 e. The fraction of sp³-hybridized carbons (Fsp3) is 0.156. The van der Waals surface area contributed by atoms with Crippen LogP contribution in [-0.4, -0.2) is 30.4 Å². The predicted octanol–water partition coefficient (Wildman–Crippen LogP) is 5.90. The van der Waals surface area contributed by atoms with Gasteiger partial charge in [-0.15, -0.1) is 11.8 Å². The third kappa shape index (κ3) is 6.56. The molecule has 0 spiro atoms. The molecule has 7 heteroatoms. The molecule has 6 nitrogen and oxygen atoms in total. The van der Waals surface area contributed by atoms with E-state index in [1.54, 1.807) is 30.1 Å². The lowest BCUT2D eigenvalue weighted by molar-refractivity contribution is -0.123. The standard InChI is InChI=1S/C32H29N3O3S/c1-22(24-9-3-2-4-10-24)34-30(36)20-38-25-17-15-23(16-18-25)19-33-35-31(37)21-39-32-28-13-7-5-11-26(28)27-12-6-8-14-29(27)32/h2-19,22,32H,20-21H2,1H3,(H,34,36)(H,35,37)/b33-19-/t22-/m0/s1. The summed E-state index contributed by atoms with van der Waals surface area (Å²) in [6, 6.07) is 33.6. The number of benzene rings is 4. The van der Waals surface area contributed by atoms with E-state index in [9.17, 15) is 9.59 Å². The molecule has 0 radical (unpaired) electrons. The van der Waals surface area contributed by atoms with Gasteiger partial charge in [-0.3, -0.25) is 9.59 Å². The number of nitrogens with zero attached hydrogens (tertiary/aromatic N) is 1. The molecule has 1 aliphatic carbocycles. The summed E-state index contributed by atoms with van der Waals surface area (Å²) < 4.78 is 5.60. The minimum atomic E-state index is -0.192. The third-order valence-electron chi connectivity index (χ3n) is 6.49. The Morgan fingerprint density at radius 2 is 1.46 bits per heavy atom. The molecule has 2 amide bonds. The van der Waals surface area contributed by atoms with Gasteiger partial charge in [0.1, 0.15) is 5.75 Å². The first-order chi connectivity index (χ1) is 19.1. The SMILES string of the molecule is C[C@H](NC(=O)COc1ccc(/C=N\NC(=O)CSC2c3ccccc3-c3ccccc32)cc1)c1ccccc1. The highest BCUT2D eigenvalue weighted by Crippen LogP contribution is 2.49. The Hall–Kier alpha value is -4.36. The fourth-order valence-electron chi connectivity index (χ4n) is 4.57. The highest BCUT2D eigenvalue weighted by atomic mass is 32.2. The second kappa shape index (κ2) is 12.5. The molecule has 0 heterocycles. The minimum absolute atomic E-state index is 0.0751. The molecule has 2 N–H and O–H groups in total. The van der Waals surface area contributed by atoms with Gasteiger partial charge in [0.15, 0.2) is 6.61 Å². The van der Waals surface area contributed by atoms with Crippen molar-refractivity contribution in [1.29, 1.82) is 0 Å². The summed E-state index contributed by atoms with van der Waals surface area (Å²) >= 11 is 1.60. The van der Waals surface area contributed by atoms with Gasteiger partial charge in [0.05, 0.1) is 23.3 Å². The third-order valence-corrected chi connectivity index (χ3v) is 7.76. The van der Waals surface area contributed by atoms with Crippen LogP contribution in [0.4, 0.5) is 0 Å². The lowest BCUT2D eigenvalue weighted by Crippen LogP contribution is -2.31. The van der Waals surface area contributed by atoms with E-state index in [-0.39, 0.29) is 29.7 Å². The van der Waals surface area contributed by atoms with Crippen molar-refractivity contribution in [2.24, 2.45) is 5.10 Å². The summed E-state index contributed by atoms with van der Waals surface area (Å²) in [5.74, 6) is 0.519. The second-order valence-corrected chi connectivity index (χ2v) is 10.3. The van der Waals surface area contributed by atoms with Crippen LogP contribution in [0.2, 0.25) is 0 Å². The topological polar surface area (TPSA) is 79.8 Å². The van der Waals surface area contributed by atoms with Gasteiger partial charge in [-0.1, -0.05) is 78.9 Å². The Labute approximate surface area is 232 Å². The molecule has 5 rings (SSSR count). The predicted molar refractivity (Wildman–Crippen MR) is 157 cm³/mol. The zero-order valence-corrected chi connectivity index (χ0v) is 22.4. The van der Waals surface area contributed by atoms with Crippen molar-refractivity contribution in [2.75, 3.05) is 12.4 Å². The van der Waals surface area contributed by atoms with Gasteiger partial charge in [0, 0.05) is 0 Å². The molecular weight excluding hydrogens is 506 g/mol. The number of fused-ring (bicyclic) bond motifs is 3. The highest BCUT2D eigenvalue weighted by Gasteiger charge is 2.28. The lowest BCUT2D eigenvalue weighted by atomic mass is 10.1. The van der Waals surface area contributed by atoms with E-state index in [1.807, 2.05) is 73.7 Å². The van der Waals surface area contributed by atoms with Crippen LogP contribution in [0.1, 0.15) is 40.5 Å². The van der Waals surface area contributed by atoms with Crippen LogP contribution in [-0.2, 0) is 9.59 Å². The molecule has 0 unspecified atom stereocenters. The van der Waals surface area contributed by atoms with Crippen LogP contribution in [0.25, 0.3) is 11.1 Å². The molecule has 0 saturated carbocycles. The molecule has 196 valence electrons. The lowest BCUT2D eigenvalue weighted by Gasteiger charge is -2.14. The highest BCUT2D eigenvalue weighted by molar-refractivity contribution is 8.00. The van der Waals surface area contributed by atoms with Crippen molar-refractivity contribution < 1.29 is 14.3 Å². The summed E-state index contributed by atoms with van der Waals surface area (Å²) in [7, 11) is 0. The fourth-order valence-corrected chi connectivity index (χ4v) is 5.72. The van der Waals surface area contributed by atoms with Crippen molar-refractivity contribution in [1.82, 2.24) is 10.7 Å². The molecule has 0 aliphatic heterocycles. The first kappa shape index (κ1) is 26.3. The number of hydrazone groups is 1. The molecule has 1 aliphatic rings. The maximum absolute atomic E-state index is 12.5. The molecule has 39 heavy (non-hydrogen) atoms.